The van der Waals surface area contributed by atoms with Gasteiger partial charge in [0.15, 0.2) is 0 Å². The Hall–Kier alpha value is -2.80. The lowest BCUT2D eigenvalue weighted by Gasteiger charge is -2.12. The van der Waals surface area contributed by atoms with Crippen LogP contribution in [0.2, 0.25) is 0 Å². The third-order valence-corrected chi connectivity index (χ3v) is 4.93. The monoisotopic (exact) mass is 336 g/mol. The van der Waals surface area contributed by atoms with Gasteiger partial charge in [-0.1, -0.05) is 6.07 Å². The van der Waals surface area contributed by atoms with Crippen LogP contribution in [0.5, 0.6) is 0 Å². The minimum atomic E-state index is 0.627. The molecule has 4 aromatic rings. The zero-order valence-corrected chi connectivity index (χ0v) is 14.2. The molecule has 0 amide bonds. The lowest BCUT2D eigenvalue weighted by atomic mass is 10.2. The van der Waals surface area contributed by atoms with E-state index in [1.807, 2.05) is 23.8 Å². The van der Waals surface area contributed by atoms with Gasteiger partial charge in [0.25, 0.3) is 0 Å². The van der Waals surface area contributed by atoms with Gasteiger partial charge in [0.1, 0.15) is 28.6 Å². The van der Waals surface area contributed by atoms with Crippen molar-refractivity contribution in [3.8, 4) is 5.82 Å². The first-order valence-corrected chi connectivity index (χ1v) is 8.49. The molecule has 0 spiro atoms. The minimum Gasteiger partial charge on any atom is -0.365 e. The summed E-state index contributed by atoms with van der Waals surface area (Å²) in [5, 5.41) is 6.63. The van der Waals surface area contributed by atoms with Crippen LogP contribution >= 0.6 is 11.3 Å². The molecule has 7 heteroatoms. The smallest absolute Gasteiger partial charge is 0.143 e. The van der Waals surface area contributed by atoms with Gasteiger partial charge in [-0.3, -0.25) is 4.57 Å². The molecule has 0 aliphatic heterocycles. The molecule has 0 atom stereocenters. The number of imidazole rings is 1. The molecular formula is C17H16N6S. The fourth-order valence-corrected chi connectivity index (χ4v) is 3.61. The summed E-state index contributed by atoms with van der Waals surface area (Å²) < 4.78 is 1.99. The first-order valence-electron chi connectivity index (χ1n) is 7.61. The summed E-state index contributed by atoms with van der Waals surface area (Å²) >= 11 is 1.64. The molecule has 0 aromatic carbocycles. The van der Waals surface area contributed by atoms with Gasteiger partial charge >= 0.3 is 0 Å². The maximum Gasteiger partial charge on any atom is 0.143 e. The number of hydrogen-bond acceptors (Lipinski definition) is 6. The molecule has 4 heterocycles. The molecule has 0 aliphatic rings. The number of nitrogens with one attached hydrogen (secondary N) is 1. The quantitative estimate of drug-likeness (QED) is 0.618. The summed E-state index contributed by atoms with van der Waals surface area (Å²) in [6.07, 6.45) is 7.10. The van der Waals surface area contributed by atoms with E-state index >= 15 is 0 Å². The maximum atomic E-state index is 4.52. The number of aromatic nitrogens is 5. The summed E-state index contributed by atoms with van der Waals surface area (Å²) in [6, 6.07) is 4.01. The highest BCUT2D eigenvalue weighted by atomic mass is 32.1. The second-order valence-corrected chi connectivity index (χ2v) is 6.36. The number of aryl methyl sites for hydroxylation is 2. The molecule has 0 unspecified atom stereocenters. The number of hydrogen-bond donors (Lipinski definition) is 1. The van der Waals surface area contributed by atoms with E-state index in [0.717, 1.165) is 33.2 Å². The number of anilines is 1. The van der Waals surface area contributed by atoms with Crippen molar-refractivity contribution < 1.29 is 0 Å². The van der Waals surface area contributed by atoms with Gasteiger partial charge in [0, 0.05) is 30.7 Å². The van der Waals surface area contributed by atoms with E-state index in [1.54, 1.807) is 30.1 Å². The average Bonchev–Trinajstić information content (AvgIpc) is 3.20. The van der Waals surface area contributed by atoms with Gasteiger partial charge in [0.2, 0.25) is 0 Å². The van der Waals surface area contributed by atoms with Crippen LogP contribution in [0, 0.1) is 13.8 Å². The molecule has 6 nitrogen and oxygen atoms in total. The Labute approximate surface area is 143 Å². The Morgan fingerprint density at radius 3 is 2.88 bits per heavy atom. The van der Waals surface area contributed by atoms with Crippen molar-refractivity contribution in [2.24, 2.45) is 0 Å². The molecule has 120 valence electrons. The van der Waals surface area contributed by atoms with E-state index in [-0.39, 0.29) is 0 Å². The maximum absolute atomic E-state index is 4.52. The van der Waals surface area contributed by atoms with E-state index in [0.29, 0.717) is 6.54 Å². The first-order chi connectivity index (χ1) is 11.7. The summed E-state index contributed by atoms with van der Waals surface area (Å²) in [4.78, 5) is 18.5. The number of thiophene rings is 1. The molecule has 0 bridgehead atoms. The van der Waals surface area contributed by atoms with Crippen LogP contribution in [0.1, 0.15) is 17.0 Å². The van der Waals surface area contributed by atoms with Crippen LogP contribution in [-0.4, -0.2) is 24.5 Å². The third kappa shape index (κ3) is 2.52. The van der Waals surface area contributed by atoms with Crippen molar-refractivity contribution in [2.45, 2.75) is 20.4 Å². The number of fused-ring (bicyclic) bond motifs is 1. The van der Waals surface area contributed by atoms with E-state index in [9.17, 15) is 0 Å². The lowest BCUT2D eigenvalue weighted by Crippen LogP contribution is -2.08. The molecule has 0 aliphatic carbocycles. The van der Waals surface area contributed by atoms with E-state index in [1.165, 1.54) is 5.56 Å². The second kappa shape index (κ2) is 6.01. The van der Waals surface area contributed by atoms with Crippen LogP contribution in [-0.2, 0) is 6.54 Å². The Bertz CT molecular complexity index is 1000. The standard InChI is InChI=1S/C17H16N6S/c1-11-9-24-17-14(11)15(21-10-22-17)20-8-13-4-3-5-19-16(13)23-7-6-18-12(23)2/h3-7,9-10H,8H2,1-2H3,(H,20,21,22). The van der Waals surface area contributed by atoms with Crippen molar-refractivity contribution in [1.29, 1.82) is 0 Å². The summed E-state index contributed by atoms with van der Waals surface area (Å²) in [6.45, 7) is 4.68. The SMILES string of the molecule is Cc1csc2ncnc(NCc3cccnc3-n3ccnc3C)c12. The molecule has 0 saturated heterocycles. The fourth-order valence-electron chi connectivity index (χ4n) is 2.72. The topological polar surface area (TPSA) is 68.5 Å². The van der Waals surface area contributed by atoms with E-state index in [2.05, 4.69) is 43.6 Å². The van der Waals surface area contributed by atoms with Crippen LogP contribution in [0.3, 0.4) is 0 Å². The minimum absolute atomic E-state index is 0.627. The van der Waals surface area contributed by atoms with E-state index < -0.39 is 0 Å². The summed E-state index contributed by atoms with van der Waals surface area (Å²) in [7, 11) is 0. The molecule has 0 saturated carbocycles. The fraction of sp³-hybridized carbons (Fsp3) is 0.176. The molecule has 1 N–H and O–H groups in total. The van der Waals surface area contributed by atoms with Crippen LogP contribution in [0.15, 0.2) is 42.4 Å². The van der Waals surface area contributed by atoms with Crippen molar-refractivity contribution in [3.05, 3.63) is 59.4 Å². The molecule has 24 heavy (non-hydrogen) atoms. The Kier molecular flexibility index (Phi) is 3.70. The van der Waals surface area contributed by atoms with Gasteiger partial charge in [-0.05, 0) is 30.9 Å². The normalized spacial score (nSPS) is 11.1. The zero-order valence-electron chi connectivity index (χ0n) is 13.4. The highest BCUT2D eigenvalue weighted by Gasteiger charge is 2.11. The predicted molar refractivity (Wildman–Crippen MR) is 95.6 cm³/mol. The van der Waals surface area contributed by atoms with Crippen molar-refractivity contribution in [1.82, 2.24) is 24.5 Å². The number of rotatable bonds is 4. The van der Waals surface area contributed by atoms with Gasteiger partial charge in [-0.25, -0.2) is 19.9 Å². The molecule has 4 aromatic heterocycles. The van der Waals surface area contributed by atoms with Crippen LogP contribution in [0.25, 0.3) is 16.0 Å². The van der Waals surface area contributed by atoms with Gasteiger partial charge < -0.3 is 5.32 Å². The predicted octanol–water partition coefficient (Wildman–Crippen LogP) is 3.50. The summed E-state index contributed by atoms with van der Waals surface area (Å²) in [5.41, 5.74) is 2.27. The highest BCUT2D eigenvalue weighted by molar-refractivity contribution is 7.17. The van der Waals surface area contributed by atoms with E-state index in [4.69, 9.17) is 0 Å². The Balaban J connectivity index is 1.67. The van der Waals surface area contributed by atoms with Crippen molar-refractivity contribution in [3.63, 3.8) is 0 Å². The number of pyridine rings is 1. The second-order valence-electron chi connectivity index (χ2n) is 5.51. The molecule has 0 radical (unpaired) electrons. The third-order valence-electron chi connectivity index (χ3n) is 3.92. The van der Waals surface area contributed by atoms with Crippen LogP contribution < -0.4 is 5.32 Å². The molecular weight excluding hydrogens is 320 g/mol. The Morgan fingerprint density at radius 1 is 1.12 bits per heavy atom. The first kappa shape index (κ1) is 14.8. The average molecular weight is 336 g/mol. The van der Waals surface area contributed by atoms with Gasteiger partial charge in [-0.15, -0.1) is 11.3 Å². The van der Waals surface area contributed by atoms with Crippen molar-refractivity contribution in [2.75, 3.05) is 5.32 Å². The van der Waals surface area contributed by atoms with Crippen molar-refractivity contribution >= 4 is 27.4 Å². The zero-order chi connectivity index (χ0) is 16.5. The number of nitrogens with zero attached hydrogens (tertiary/aromatic N) is 5. The molecule has 4 rings (SSSR count). The largest absolute Gasteiger partial charge is 0.365 e. The van der Waals surface area contributed by atoms with Gasteiger partial charge in [-0.2, -0.15) is 0 Å². The van der Waals surface area contributed by atoms with Crippen LogP contribution in [0.4, 0.5) is 5.82 Å². The highest BCUT2D eigenvalue weighted by Crippen LogP contribution is 2.28. The summed E-state index contributed by atoms with van der Waals surface area (Å²) in [5.74, 6) is 2.65. The Morgan fingerprint density at radius 2 is 2.04 bits per heavy atom. The van der Waals surface area contributed by atoms with Gasteiger partial charge in [0.05, 0.1) is 5.39 Å². The molecule has 0 fully saturated rings. The lowest BCUT2D eigenvalue weighted by molar-refractivity contribution is 0.904.